The lowest BCUT2D eigenvalue weighted by molar-refractivity contribution is -0.134. The number of likely N-dealkylation sites (N-methyl/N-ethyl adjacent to an activating group) is 1. The first-order valence-electron chi connectivity index (χ1n) is 7.12. The van der Waals surface area contributed by atoms with Gasteiger partial charge in [-0.3, -0.25) is 4.79 Å². The highest BCUT2D eigenvalue weighted by Crippen LogP contribution is 2.11. The Bertz CT molecular complexity index is 222. The number of nitrogens with one attached hydrogen (secondary N) is 1. The Morgan fingerprint density at radius 3 is 2.33 bits per heavy atom. The van der Waals surface area contributed by atoms with E-state index in [0.29, 0.717) is 6.42 Å². The maximum atomic E-state index is 12.2. The van der Waals surface area contributed by atoms with E-state index < -0.39 is 0 Å². The quantitative estimate of drug-likeness (QED) is 0.652. The number of hydrogen-bond donors (Lipinski definition) is 1. The second kappa shape index (κ2) is 10.3. The summed E-state index contributed by atoms with van der Waals surface area (Å²) in [7, 11) is 3.62. The van der Waals surface area contributed by atoms with Gasteiger partial charge in [-0.15, -0.1) is 0 Å². The minimum atomic E-state index is -0.0339. The predicted molar refractivity (Wildman–Crippen MR) is 75.7 cm³/mol. The van der Waals surface area contributed by atoms with Crippen LogP contribution in [0.5, 0.6) is 0 Å². The topological polar surface area (TPSA) is 41.6 Å². The van der Waals surface area contributed by atoms with E-state index in [2.05, 4.69) is 19.2 Å². The summed E-state index contributed by atoms with van der Waals surface area (Å²) in [6, 6.07) is 0.254. The van der Waals surface area contributed by atoms with Crippen LogP contribution in [0.3, 0.4) is 0 Å². The summed E-state index contributed by atoms with van der Waals surface area (Å²) in [4.78, 5) is 14.1. The molecule has 0 aliphatic heterocycles. The number of hydrogen-bond acceptors (Lipinski definition) is 3. The highest BCUT2D eigenvalue weighted by molar-refractivity contribution is 5.76. The number of methoxy groups -OCH3 is 1. The molecule has 2 atom stereocenters. The summed E-state index contributed by atoms with van der Waals surface area (Å²) in [6.45, 7) is 7.88. The first-order valence-corrected chi connectivity index (χ1v) is 7.12. The Hall–Kier alpha value is -0.610. The molecule has 0 bridgehead atoms. The van der Waals surface area contributed by atoms with Crippen LogP contribution >= 0.6 is 0 Å². The van der Waals surface area contributed by atoms with Gasteiger partial charge in [0.15, 0.2) is 0 Å². The summed E-state index contributed by atoms with van der Waals surface area (Å²) in [5.74, 6) is 0.197. The average Bonchev–Trinajstić information content (AvgIpc) is 2.39. The average molecular weight is 258 g/mol. The second-order valence-corrected chi connectivity index (χ2v) is 4.64. The number of rotatable bonds is 10. The molecule has 0 spiro atoms. The van der Waals surface area contributed by atoms with Gasteiger partial charge in [0, 0.05) is 26.2 Å². The number of amides is 1. The van der Waals surface area contributed by atoms with E-state index in [0.717, 1.165) is 32.4 Å². The third kappa shape index (κ3) is 5.83. The molecular weight excluding hydrogens is 228 g/mol. The number of carbonyl (C=O) groups is 1. The molecule has 0 aliphatic carbocycles. The van der Waals surface area contributed by atoms with E-state index in [9.17, 15) is 4.79 Å². The van der Waals surface area contributed by atoms with Gasteiger partial charge in [0.2, 0.25) is 5.91 Å². The zero-order valence-electron chi connectivity index (χ0n) is 12.7. The van der Waals surface area contributed by atoms with Crippen LogP contribution in [-0.4, -0.2) is 50.2 Å². The monoisotopic (exact) mass is 258 g/mol. The molecule has 18 heavy (non-hydrogen) atoms. The maximum Gasteiger partial charge on any atom is 0.225 e. The van der Waals surface area contributed by atoms with E-state index in [-0.39, 0.29) is 18.1 Å². The van der Waals surface area contributed by atoms with Gasteiger partial charge in [0.1, 0.15) is 0 Å². The van der Waals surface area contributed by atoms with E-state index in [1.807, 2.05) is 18.9 Å². The van der Waals surface area contributed by atoms with Crippen LogP contribution in [0.1, 0.15) is 46.5 Å². The minimum Gasteiger partial charge on any atom is -0.379 e. The zero-order chi connectivity index (χ0) is 14.0. The van der Waals surface area contributed by atoms with Crippen molar-refractivity contribution in [2.45, 2.75) is 58.6 Å². The van der Waals surface area contributed by atoms with Crippen LogP contribution in [-0.2, 0) is 9.53 Å². The number of carbonyl (C=O) groups excluding carboxylic acids is 1. The largest absolute Gasteiger partial charge is 0.379 e. The maximum absolute atomic E-state index is 12.2. The standard InChI is InChI=1S/C14H30N2O2/c1-6-9-12(15-4)13(18-5)11-14(17)16(8-3)10-7-2/h12-13,15H,6-11H2,1-5H3/t12-,13+/m0/s1. The Labute approximate surface area is 112 Å². The molecule has 108 valence electrons. The van der Waals surface area contributed by atoms with Crippen LogP contribution in [0.4, 0.5) is 0 Å². The van der Waals surface area contributed by atoms with Gasteiger partial charge in [-0.25, -0.2) is 0 Å². The Balaban J connectivity index is 4.44. The molecule has 0 rings (SSSR count). The predicted octanol–water partition coefficient (Wildman–Crippen LogP) is 2.04. The SMILES string of the molecule is CCC[C@H](NC)[C@@H](CC(=O)N(CC)CCC)OC. The molecule has 0 aromatic carbocycles. The molecule has 0 aliphatic rings. The molecule has 1 N–H and O–H groups in total. The lowest BCUT2D eigenvalue weighted by atomic mass is 10.0. The second-order valence-electron chi connectivity index (χ2n) is 4.64. The molecule has 0 fully saturated rings. The molecule has 0 aromatic heterocycles. The van der Waals surface area contributed by atoms with Crippen LogP contribution in [0, 0.1) is 0 Å². The molecule has 1 amide bonds. The smallest absolute Gasteiger partial charge is 0.225 e. The zero-order valence-corrected chi connectivity index (χ0v) is 12.7. The van der Waals surface area contributed by atoms with Crippen molar-refractivity contribution in [3.8, 4) is 0 Å². The van der Waals surface area contributed by atoms with Gasteiger partial charge in [-0.1, -0.05) is 20.3 Å². The molecule has 0 saturated heterocycles. The Morgan fingerprint density at radius 1 is 1.28 bits per heavy atom. The summed E-state index contributed by atoms with van der Waals surface area (Å²) in [5, 5.41) is 3.25. The summed E-state index contributed by atoms with van der Waals surface area (Å²) < 4.78 is 5.49. The van der Waals surface area contributed by atoms with Crippen molar-refractivity contribution in [3.63, 3.8) is 0 Å². The van der Waals surface area contributed by atoms with Crippen molar-refractivity contribution in [1.29, 1.82) is 0 Å². The minimum absolute atomic E-state index is 0.0339. The first-order chi connectivity index (χ1) is 8.64. The van der Waals surface area contributed by atoms with E-state index in [1.165, 1.54) is 0 Å². The summed E-state index contributed by atoms with van der Waals surface area (Å²) in [6.07, 6.45) is 3.56. The van der Waals surface area contributed by atoms with Crippen LogP contribution < -0.4 is 5.32 Å². The van der Waals surface area contributed by atoms with Crippen molar-refractivity contribution in [1.82, 2.24) is 10.2 Å². The highest BCUT2D eigenvalue weighted by atomic mass is 16.5. The van der Waals surface area contributed by atoms with E-state index in [4.69, 9.17) is 4.74 Å². The third-order valence-corrected chi connectivity index (χ3v) is 3.33. The third-order valence-electron chi connectivity index (χ3n) is 3.33. The fourth-order valence-corrected chi connectivity index (χ4v) is 2.25. The van der Waals surface area contributed by atoms with Crippen molar-refractivity contribution < 1.29 is 9.53 Å². The van der Waals surface area contributed by atoms with Crippen molar-refractivity contribution in [2.75, 3.05) is 27.2 Å². The van der Waals surface area contributed by atoms with Gasteiger partial charge in [0.25, 0.3) is 0 Å². The normalized spacial score (nSPS) is 14.3. The molecule has 0 aromatic rings. The van der Waals surface area contributed by atoms with E-state index in [1.54, 1.807) is 7.11 Å². The number of nitrogens with zero attached hydrogens (tertiary/aromatic N) is 1. The molecule has 4 nitrogen and oxygen atoms in total. The fraction of sp³-hybridized carbons (Fsp3) is 0.929. The van der Waals surface area contributed by atoms with Gasteiger partial charge >= 0.3 is 0 Å². The molecule has 0 unspecified atom stereocenters. The molecule has 0 heterocycles. The lowest BCUT2D eigenvalue weighted by Gasteiger charge is -2.28. The Kier molecular flexibility index (Phi) is 9.98. The van der Waals surface area contributed by atoms with Gasteiger partial charge in [0.05, 0.1) is 12.5 Å². The molecule has 4 heteroatoms. The molecule has 0 saturated carbocycles. The molecular formula is C14H30N2O2. The van der Waals surface area contributed by atoms with Crippen molar-refractivity contribution in [2.24, 2.45) is 0 Å². The van der Waals surface area contributed by atoms with Crippen molar-refractivity contribution >= 4 is 5.91 Å². The first kappa shape index (κ1) is 17.4. The van der Waals surface area contributed by atoms with Crippen LogP contribution in [0.2, 0.25) is 0 Å². The summed E-state index contributed by atoms with van der Waals surface area (Å²) >= 11 is 0. The van der Waals surface area contributed by atoms with Crippen molar-refractivity contribution in [3.05, 3.63) is 0 Å². The highest BCUT2D eigenvalue weighted by Gasteiger charge is 2.24. The summed E-state index contributed by atoms with van der Waals surface area (Å²) in [5.41, 5.74) is 0. The van der Waals surface area contributed by atoms with Gasteiger partial charge in [-0.2, -0.15) is 0 Å². The van der Waals surface area contributed by atoms with Gasteiger partial charge in [-0.05, 0) is 26.8 Å². The van der Waals surface area contributed by atoms with Gasteiger partial charge < -0.3 is 15.0 Å². The van der Waals surface area contributed by atoms with Crippen LogP contribution in [0.15, 0.2) is 0 Å². The Morgan fingerprint density at radius 2 is 1.94 bits per heavy atom. The molecule has 0 radical (unpaired) electrons. The lowest BCUT2D eigenvalue weighted by Crippen LogP contribution is -2.43. The number of ether oxygens (including phenoxy) is 1. The fourth-order valence-electron chi connectivity index (χ4n) is 2.25. The van der Waals surface area contributed by atoms with E-state index >= 15 is 0 Å². The van der Waals surface area contributed by atoms with Crippen LogP contribution in [0.25, 0.3) is 0 Å².